The summed E-state index contributed by atoms with van der Waals surface area (Å²) < 4.78 is 45.8. The van der Waals surface area contributed by atoms with Gasteiger partial charge in [0.1, 0.15) is 12.2 Å². The van der Waals surface area contributed by atoms with Gasteiger partial charge in [-0.2, -0.15) is 13.2 Å². The Labute approximate surface area is 180 Å². The summed E-state index contributed by atoms with van der Waals surface area (Å²) in [6, 6.07) is 5.24. The molecule has 31 heavy (non-hydrogen) atoms. The monoisotopic (exact) mass is 438 g/mol. The van der Waals surface area contributed by atoms with E-state index in [1.165, 1.54) is 12.1 Å². The van der Waals surface area contributed by atoms with Gasteiger partial charge < -0.3 is 19.5 Å². The van der Waals surface area contributed by atoms with E-state index in [9.17, 15) is 13.2 Å². The zero-order valence-electron chi connectivity index (χ0n) is 17.9. The maximum absolute atomic E-state index is 12.8. The van der Waals surface area contributed by atoms with Crippen LogP contribution in [0.15, 0.2) is 35.6 Å². The van der Waals surface area contributed by atoms with Gasteiger partial charge in [-0.05, 0) is 24.1 Å². The van der Waals surface area contributed by atoms with Gasteiger partial charge in [-0.15, -0.1) is 10.2 Å². The van der Waals surface area contributed by atoms with Gasteiger partial charge in [0.05, 0.1) is 12.2 Å². The van der Waals surface area contributed by atoms with Gasteiger partial charge in [0, 0.05) is 52.2 Å². The highest BCUT2D eigenvalue weighted by atomic mass is 19.4. The Morgan fingerprint density at radius 1 is 1.32 bits per heavy atom. The summed E-state index contributed by atoms with van der Waals surface area (Å²) >= 11 is 0. The van der Waals surface area contributed by atoms with Crippen molar-refractivity contribution in [1.29, 1.82) is 0 Å². The van der Waals surface area contributed by atoms with Gasteiger partial charge >= 0.3 is 6.18 Å². The molecule has 2 heterocycles. The molecule has 0 radical (unpaired) electrons. The Morgan fingerprint density at radius 2 is 2.10 bits per heavy atom. The van der Waals surface area contributed by atoms with E-state index in [4.69, 9.17) is 9.73 Å². The first-order valence-electron chi connectivity index (χ1n) is 10.5. The number of nitrogens with one attached hydrogen (secondary N) is 1. The SMILES string of the molecule is CCc1nncn1CCNC(=NCC1CCOC1)N(C)Cc1ccc(C(F)(F)F)cc1. The number of hydrogen-bond donors (Lipinski definition) is 1. The lowest BCUT2D eigenvalue weighted by molar-refractivity contribution is -0.137. The third-order valence-corrected chi connectivity index (χ3v) is 5.23. The summed E-state index contributed by atoms with van der Waals surface area (Å²) in [7, 11) is 1.88. The lowest BCUT2D eigenvalue weighted by atomic mass is 10.1. The van der Waals surface area contributed by atoms with Crippen LogP contribution in [-0.4, -0.2) is 59.0 Å². The van der Waals surface area contributed by atoms with Crippen LogP contribution < -0.4 is 5.32 Å². The van der Waals surface area contributed by atoms with Gasteiger partial charge in [-0.25, -0.2) is 0 Å². The second-order valence-corrected chi connectivity index (χ2v) is 7.67. The lowest BCUT2D eigenvalue weighted by Crippen LogP contribution is -2.40. The zero-order valence-corrected chi connectivity index (χ0v) is 17.9. The second-order valence-electron chi connectivity index (χ2n) is 7.67. The molecule has 1 unspecified atom stereocenters. The number of aryl methyl sites for hydroxylation is 1. The summed E-state index contributed by atoms with van der Waals surface area (Å²) in [4.78, 5) is 6.67. The summed E-state index contributed by atoms with van der Waals surface area (Å²) in [5.41, 5.74) is 0.133. The number of ether oxygens (including phenoxy) is 1. The molecule has 3 rings (SSSR count). The smallest absolute Gasteiger partial charge is 0.381 e. The standard InChI is InChI=1S/C21H29F3N6O/c1-3-19-28-27-15-30(19)10-9-25-20(26-12-17-8-11-31-14-17)29(2)13-16-4-6-18(7-5-16)21(22,23)24/h4-7,15,17H,3,8-14H2,1-2H3,(H,25,26). The average Bonchev–Trinajstić information content (AvgIpc) is 3.41. The molecule has 0 spiro atoms. The Hall–Kier alpha value is -2.62. The topological polar surface area (TPSA) is 67.6 Å². The summed E-state index contributed by atoms with van der Waals surface area (Å²) in [6.45, 7) is 5.91. The minimum absolute atomic E-state index is 0.390. The average molecular weight is 438 g/mol. The van der Waals surface area contributed by atoms with Crippen molar-refractivity contribution in [2.24, 2.45) is 10.9 Å². The van der Waals surface area contributed by atoms with Crippen molar-refractivity contribution in [3.63, 3.8) is 0 Å². The number of hydrogen-bond acceptors (Lipinski definition) is 4. The molecular formula is C21H29F3N6O. The molecule has 170 valence electrons. The maximum Gasteiger partial charge on any atom is 0.416 e. The van der Waals surface area contributed by atoms with E-state index in [1.807, 2.05) is 23.4 Å². The maximum atomic E-state index is 12.8. The molecule has 0 aliphatic carbocycles. The number of rotatable bonds is 8. The fraction of sp³-hybridized carbons (Fsp3) is 0.571. The van der Waals surface area contributed by atoms with Crippen molar-refractivity contribution < 1.29 is 17.9 Å². The fourth-order valence-corrected chi connectivity index (χ4v) is 3.43. The first-order valence-corrected chi connectivity index (χ1v) is 10.5. The first-order chi connectivity index (χ1) is 14.9. The van der Waals surface area contributed by atoms with Crippen LogP contribution >= 0.6 is 0 Å². The van der Waals surface area contributed by atoms with Crippen molar-refractivity contribution in [2.75, 3.05) is 33.4 Å². The summed E-state index contributed by atoms with van der Waals surface area (Å²) in [5, 5.41) is 11.4. The molecule has 1 aliphatic heterocycles. The van der Waals surface area contributed by atoms with E-state index in [0.29, 0.717) is 44.7 Å². The van der Waals surface area contributed by atoms with Crippen molar-refractivity contribution in [3.8, 4) is 0 Å². The molecule has 1 atom stereocenters. The Kier molecular flexibility index (Phi) is 7.89. The number of halogens is 3. The van der Waals surface area contributed by atoms with E-state index in [-0.39, 0.29) is 0 Å². The Bertz CT molecular complexity index is 844. The third kappa shape index (κ3) is 6.68. The van der Waals surface area contributed by atoms with Gasteiger partial charge in [-0.1, -0.05) is 19.1 Å². The van der Waals surface area contributed by atoms with E-state index >= 15 is 0 Å². The van der Waals surface area contributed by atoms with Crippen LogP contribution in [0.4, 0.5) is 13.2 Å². The number of guanidine groups is 1. The van der Waals surface area contributed by atoms with Crippen molar-refractivity contribution in [1.82, 2.24) is 25.0 Å². The molecule has 7 nitrogen and oxygen atoms in total. The molecule has 1 N–H and O–H groups in total. The summed E-state index contributed by atoms with van der Waals surface area (Å²) in [6.07, 6.45) is -0.836. The highest BCUT2D eigenvalue weighted by Crippen LogP contribution is 2.29. The van der Waals surface area contributed by atoms with Crippen LogP contribution in [0.1, 0.15) is 30.3 Å². The molecule has 0 bridgehead atoms. The van der Waals surface area contributed by atoms with Crippen LogP contribution in [0.3, 0.4) is 0 Å². The second kappa shape index (κ2) is 10.6. The van der Waals surface area contributed by atoms with Crippen LogP contribution in [-0.2, 0) is 30.4 Å². The van der Waals surface area contributed by atoms with Gasteiger partial charge in [-0.3, -0.25) is 4.99 Å². The molecule has 1 aromatic carbocycles. The number of benzene rings is 1. The van der Waals surface area contributed by atoms with Crippen molar-refractivity contribution >= 4 is 5.96 Å². The number of nitrogens with zero attached hydrogens (tertiary/aromatic N) is 5. The highest BCUT2D eigenvalue weighted by molar-refractivity contribution is 5.79. The predicted molar refractivity (Wildman–Crippen MR) is 112 cm³/mol. The van der Waals surface area contributed by atoms with E-state index in [1.54, 1.807) is 6.33 Å². The van der Waals surface area contributed by atoms with Gasteiger partial charge in [0.2, 0.25) is 0 Å². The summed E-state index contributed by atoms with van der Waals surface area (Å²) in [5.74, 6) is 2.01. The first kappa shape index (κ1) is 23.1. The van der Waals surface area contributed by atoms with E-state index in [2.05, 4.69) is 15.5 Å². The largest absolute Gasteiger partial charge is 0.416 e. The molecule has 1 saturated heterocycles. The minimum Gasteiger partial charge on any atom is -0.381 e. The molecule has 0 amide bonds. The highest BCUT2D eigenvalue weighted by Gasteiger charge is 2.30. The van der Waals surface area contributed by atoms with Crippen LogP contribution in [0.2, 0.25) is 0 Å². The molecule has 1 aliphatic rings. The Morgan fingerprint density at radius 3 is 2.74 bits per heavy atom. The van der Waals surface area contributed by atoms with E-state index < -0.39 is 11.7 Å². The lowest BCUT2D eigenvalue weighted by Gasteiger charge is -2.23. The van der Waals surface area contributed by atoms with Crippen LogP contribution in [0.5, 0.6) is 0 Å². The number of aliphatic imine (C=N–C) groups is 1. The van der Waals surface area contributed by atoms with Crippen molar-refractivity contribution in [2.45, 2.75) is 39.0 Å². The van der Waals surface area contributed by atoms with Crippen LogP contribution in [0, 0.1) is 5.92 Å². The molecule has 10 heteroatoms. The quantitative estimate of drug-likeness (QED) is 0.507. The Balaban J connectivity index is 1.63. The molecule has 1 fully saturated rings. The van der Waals surface area contributed by atoms with Crippen LogP contribution in [0.25, 0.3) is 0 Å². The molecule has 1 aromatic heterocycles. The third-order valence-electron chi connectivity index (χ3n) is 5.23. The minimum atomic E-state index is -4.33. The van der Waals surface area contributed by atoms with Gasteiger partial charge in [0.15, 0.2) is 5.96 Å². The number of alkyl halides is 3. The fourth-order valence-electron chi connectivity index (χ4n) is 3.43. The zero-order chi connectivity index (χ0) is 22.3. The van der Waals surface area contributed by atoms with E-state index in [0.717, 1.165) is 43.0 Å². The predicted octanol–water partition coefficient (Wildman–Crippen LogP) is 2.97. The number of aromatic nitrogens is 3. The van der Waals surface area contributed by atoms with Gasteiger partial charge in [0.25, 0.3) is 0 Å². The molecule has 2 aromatic rings. The van der Waals surface area contributed by atoms with Crippen molar-refractivity contribution in [3.05, 3.63) is 47.5 Å². The molecule has 0 saturated carbocycles. The normalized spacial score (nSPS) is 17.2. The molecular weight excluding hydrogens is 409 g/mol.